The summed E-state index contributed by atoms with van der Waals surface area (Å²) in [4.78, 5) is 22.0. The van der Waals surface area contributed by atoms with Crippen LogP contribution in [0.15, 0.2) is 12.1 Å². The molecule has 1 aliphatic rings. The largest absolute Gasteiger partial charge is 0.397 e. The second kappa shape index (κ2) is 5.60. The second-order valence-electron chi connectivity index (χ2n) is 4.64. The molecule has 0 unspecified atom stereocenters. The molecule has 0 spiro atoms. The number of aryl methyl sites for hydroxylation is 1. The van der Waals surface area contributed by atoms with E-state index in [9.17, 15) is 9.59 Å². The molecule has 0 atom stereocenters. The molecule has 6 nitrogen and oxygen atoms in total. The van der Waals surface area contributed by atoms with Gasteiger partial charge in [-0.1, -0.05) is 0 Å². The lowest BCUT2D eigenvalue weighted by molar-refractivity contribution is -0.118. The topological polar surface area (TPSA) is 110 Å². The molecule has 0 saturated carbocycles. The number of benzene rings is 1. The Morgan fingerprint density at radius 1 is 1.37 bits per heavy atom. The lowest BCUT2D eigenvalue weighted by Gasteiger charge is -2.19. The number of hydrogen-bond acceptors (Lipinski definition) is 4. The number of fused-ring (bicyclic) bond motifs is 1. The maximum absolute atomic E-state index is 11.3. The van der Waals surface area contributed by atoms with Crippen LogP contribution in [-0.2, 0) is 16.0 Å². The summed E-state index contributed by atoms with van der Waals surface area (Å²) in [5.74, 6) is -0.288. The summed E-state index contributed by atoms with van der Waals surface area (Å²) in [6, 6.07) is 3.72. The predicted molar refractivity (Wildman–Crippen MR) is 74.7 cm³/mol. The summed E-state index contributed by atoms with van der Waals surface area (Å²) in [5, 5.41) is 5.98. The molecule has 0 saturated heterocycles. The van der Waals surface area contributed by atoms with E-state index < -0.39 is 0 Å². The molecule has 1 aromatic carbocycles. The number of amides is 2. The van der Waals surface area contributed by atoms with Crippen molar-refractivity contribution in [2.24, 2.45) is 5.73 Å². The van der Waals surface area contributed by atoms with Gasteiger partial charge in [0.1, 0.15) is 0 Å². The Hall–Kier alpha value is -2.24. The molecule has 0 radical (unpaired) electrons. The molecular weight excluding hydrogens is 244 g/mol. The lowest BCUT2D eigenvalue weighted by atomic mass is 10.0. The van der Waals surface area contributed by atoms with Crippen molar-refractivity contribution in [3.8, 4) is 0 Å². The molecule has 0 fully saturated rings. The molecule has 1 aliphatic heterocycles. The lowest BCUT2D eigenvalue weighted by Crippen LogP contribution is -2.19. The number of carbonyl (C=O) groups excluding carboxylic acids is 2. The minimum Gasteiger partial charge on any atom is -0.397 e. The zero-order valence-corrected chi connectivity index (χ0v) is 10.7. The van der Waals surface area contributed by atoms with Crippen LogP contribution in [0.25, 0.3) is 0 Å². The fourth-order valence-corrected chi connectivity index (χ4v) is 2.09. The molecule has 2 rings (SSSR count). The second-order valence-corrected chi connectivity index (χ2v) is 4.64. The first-order valence-corrected chi connectivity index (χ1v) is 6.30. The third-order valence-corrected chi connectivity index (χ3v) is 3.09. The quantitative estimate of drug-likeness (QED) is 0.465. The zero-order chi connectivity index (χ0) is 13.8. The van der Waals surface area contributed by atoms with Gasteiger partial charge in [0.05, 0.1) is 11.4 Å². The van der Waals surface area contributed by atoms with Gasteiger partial charge in [0.2, 0.25) is 11.8 Å². The number of nitrogens with one attached hydrogen (secondary N) is 2. The van der Waals surface area contributed by atoms with Crippen LogP contribution in [0.3, 0.4) is 0 Å². The van der Waals surface area contributed by atoms with E-state index in [1.165, 1.54) is 0 Å². The van der Waals surface area contributed by atoms with Gasteiger partial charge in [-0.05, 0) is 30.5 Å². The van der Waals surface area contributed by atoms with Gasteiger partial charge < -0.3 is 22.1 Å². The minimum absolute atomic E-state index is 0.0250. The molecule has 6 N–H and O–H groups in total. The zero-order valence-electron chi connectivity index (χ0n) is 10.7. The standard InChI is InChI=1S/C13H18N4O2/c14-9-6-8-3-4-13(19)17-10(8)7-11(9)16-5-1-2-12(15)18/h6-7,16H,1-5,14H2,(H2,15,18)(H,17,19). The Labute approximate surface area is 111 Å². The van der Waals surface area contributed by atoms with Crippen LogP contribution in [0.5, 0.6) is 0 Å². The van der Waals surface area contributed by atoms with Crippen LogP contribution >= 0.6 is 0 Å². The molecule has 1 aromatic rings. The van der Waals surface area contributed by atoms with Crippen LogP contribution in [0, 0.1) is 0 Å². The van der Waals surface area contributed by atoms with E-state index in [-0.39, 0.29) is 11.8 Å². The van der Waals surface area contributed by atoms with Crippen molar-refractivity contribution in [3.05, 3.63) is 17.7 Å². The maximum Gasteiger partial charge on any atom is 0.224 e. The number of anilines is 3. The third-order valence-electron chi connectivity index (χ3n) is 3.09. The van der Waals surface area contributed by atoms with Crippen molar-refractivity contribution >= 4 is 28.9 Å². The minimum atomic E-state index is -0.313. The average Bonchev–Trinajstić information content (AvgIpc) is 2.35. The highest BCUT2D eigenvalue weighted by Gasteiger charge is 2.16. The van der Waals surface area contributed by atoms with Gasteiger partial charge in [0, 0.05) is 25.1 Å². The molecule has 2 amide bonds. The first kappa shape index (κ1) is 13.2. The van der Waals surface area contributed by atoms with Crippen LogP contribution in [0.2, 0.25) is 0 Å². The Morgan fingerprint density at radius 3 is 2.89 bits per heavy atom. The van der Waals surface area contributed by atoms with Gasteiger partial charge in [0.15, 0.2) is 0 Å². The highest BCUT2D eigenvalue weighted by atomic mass is 16.1. The number of carbonyl (C=O) groups is 2. The fraction of sp³-hybridized carbons (Fsp3) is 0.385. The van der Waals surface area contributed by atoms with E-state index >= 15 is 0 Å². The molecule has 102 valence electrons. The highest BCUT2D eigenvalue weighted by molar-refractivity contribution is 5.95. The summed E-state index contributed by atoms with van der Waals surface area (Å²) >= 11 is 0. The Balaban J connectivity index is 2.02. The molecule has 0 bridgehead atoms. The SMILES string of the molecule is NC(=O)CCCNc1cc2c(cc1N)CCC(=O)N2. The maximum atomic E-state index is 11.3. The molecule has 1 heterocycles. The smallest absolute Gasteiger partial charge is 0.224 e. The van der Waals surface area contributed by atoms with E-state index in [1.807, 2.05) is 12.1 Å². The molecule has 19 heavy (non-hydrogen) atoms. The predicted octanol–water partition coefficient (Wildman–Crippen LogP) is 0.831. The van der Waals surface area contributed by atoms with Crippen molar-refractivity contribution in [2.75, 3.05) is 22.9 Å². The summed E-state index contributed by atoms with van der Waals surface area (Å²) in [5.41, 5.74) is 14.3. The van der Waals surface area contributed by atoms with E-state index in [4.69, 9.17) is 11.5 Å². The molecule has 0 aliphatic carbocycles. The van der Waals surface area contributed by atoms with Crippen molar-refractivity contribution in [3.63, 3.8) is 0 Å². The van der Waals surface area contributed by atoms with Crippen molar-refractivity contribution in [1.82, 2.24) is 0 Å². The Bertz CT molecular complexity index is 514. The van der Waals surface area contributed by atoms with Gasteiger partial charge in [0.25, 0.3) is 0 Å². The van der Waals surface area contributed by atoms with E-state index in [2.05, 4.69) is 10.6 Å². The van der Waals surface area contributed by atoms with Crippen LogP contribution in [0.4, 0.5) is 17.1 Å². The molecule has 6 heteroatoms. The van der Waals surface area contributed by atoms with E-state index in [1.54, 1.807) is 0 Å². The highest BCUT2D eigenvalue weighted by Crippen LogP contribution is 2.30. The first-order chi connectivity index (χ1) is 9.06. The van der Waals surface area contributed by atoms with Gasteiger partial charge in [-0.15, -0.1) is 0 Å². The van der Waals surface area contributed by atoms with Gasteiger partial charge in [-0.3, -0.25) is 9.59 Å². The first-order valence-electron chi connectivity index (χ1n) is 6.30. The van der Waals surface area contributed by atoms with Crippen LogP contribution in [-0.4, -0.2) is 18.4 Å². The fourth-order valence-electron chi connectivity index (χ4n) is 2.09. The summed E-state index contributed by atoms with van der Waals surface area (Å²) in [6.07, 6.45) is 2.21. The Kier molecular flexibility index (Phi) is 3.89. The van der Waals surface area contributed by atoms with Crippen molar-refractivity contribution in [1.29, 1.82) is 0 Å². The van der Waals surface area contributed by atoms with Crippen LogP contribution < -0.4 is 22.1 Å². The number of nitrogens with two attached hydrogens (primary N) is 2. The van der Waals surface area contributed by atoms with Crippen molar-refractivity contribution < 1.29 is 9.59 Å². The monoisotopic (exact) mass is 262 g/mol. The van der Waals surface area contributed by atoms with Gasteiger partial charge in [-0.25, -0.2) is 0 Å². The molecule has 0 aromatic heterocycles. The van der Waals surface area contributed by atoms with E-state index in [0.29, 0.717) is 37.9 Å². The number of hydrogen-bond donors (Lipinski definition) is 4. The average molecular weight is 262 g/mol. The molecular formula is C13H18N4O2. The van der Waals surface area contributed by atoms with Crippen LogP contribution in [0.1, 0.15) is 24.8 Å². The van der Waals surface area contributed by atoms with Crippen molar-refractivity contribution in [2.45, 2.75) is 25.7 Å². The number of primary amides is 1. The normalized spacial score (nSPS) is 13.6. The van der Waals surface area contributed by atoms with E-state index in [0.717, 1.165) is 16.9 Å². The third kappa shape index (κ3) is 3.37. The van der Waals surface area contributed by atoms with Gasteiger partial charge >= 0.3 is 0 Å². The summed E-state index contributed by atoms with van der Waals surface area (Å²) in [6.45, 7) is 0.611. The van der Waals surface area contributed by atoms with Gasteiger partial charge in [-0.2, -0.15) is 0 Å². The number of rotatable bonds is 5. The summed E-state index contributed by atoms with van der Waals surface area (Å²) < 4.78 is 0. The summed E-state index contributed by atoms with van der Waals surface area (Å²) in [7, 11) is 0. The Morgan fingerprint density at radius 2 is 2.16 bits per heavy atom. The number of nitrogen functional groups attached to an aromatic ring is 1.